The van der Waals surface area contributed by atoms with Crippen LogP contribution in [0.2, 0.25) is 0 Å². The van der Waals surface area contributed by atoms with Crippen LogP contribution in [0.4, 0.5) is 17.6 Å². The molecule has 1 atom stereocenters. The van der Waals surface area contributed by atoms with Crippen LogP contribution in [0.15, 0.2) is 17.5 Å². The Balaban J connectivity index is 1.78. The van der Waals surface area contributed by atoms with Crippen molar-refractivity contribution in [1.82, 2.24) is 10.2 Å². The van der Waals surface area contributed by atoms with Crippen LogP contribution in [-0.2, 0) is 4.74 Å². The summed E-state index contributed by atoms with van der Waals surface area (Å²) >= 11 is 0. The van der Waals surface area contributed by atoms with E-state index in [4.69, 9.17) is 4.74 Å². The molecule has 3 rings (SSSR count). The molecule has 0 radical (unpaired) electrons. The molecule has 2 heterocycles. The highest BCUT2D eigenvalue weighted by atomic mass is 19.2. The van der Waals surface area contributed by atoms with Crippen LogP contribution in [0.1, 0.15) is 37.7 Å². The number of fused-ring (bicyclic) bond motifs is 1. The third kappa shape index (κ3) is 3.09. The molecule has 0 amide bonds. The number of hydrogen-bond acceptors (Lipinski definition) is 3. The number of ether oxygens (including phenoxy) is 1. The van der Waals surface area contributed by atoms with Crippen LogP contribution in [0.3, 0.4) is 0 Å². The molecule has 0 saturated carbocycles. The summed E-state index contributed by atoms with van der Waals surface area (Å²) in [6, 6.07) is 0.254. The molecule has 2 aliphatic rings. The van der Waals surface area contributed by atoms with Gasteiger partial charge in [-0.05, 0) is 26.2 Å². The Bertz CT molecular complexity index is 636. The first kappa shape index (κ1) is 17.1. The van der Waals surface area contributed by atoms with E-state index in [-0.39, 0.29) is 6.07 Å². The number of allylic oxidation sites excluding steroid dienone is 2. The average Bonchev–Trinajstić information content (AvgIpc) is 3.11. The van der Waals surface area contributed by atoms with E-state index in [2.05, 4.69) is 5.32 Å². The molecule has 1 aromatic rings. The van der Waals surface area contributed by atoms with Crippen LogP contribution >= 0.6 is 0 Å². The predicted octanol–water partition coefficient (Wildman–Crippen LogP) is 3.62. The molecule has 0 unspecified atom stereocenters. The minimum Gasteiger partial charge on any atom is -0.382 e. The second-order valence-corrected chi connectivity index (χ2v) is 6.07. The van der Waals surface area contributed by atoms with Crippen molar-refractivity contribution in [2.24, 2.45) is 0 Å². The molecule has 1 N–H and O–H groups in total. The number of nitrogens with zero attached hydrogens (tertiary/aromatic N) is 1. The first-order valence-electron chi connectivity index (χ1n) is 8.14. The Labute approximate surface area is 138 Å². The summed E-state index contributed by atoms with van der Waals surface area (Å²) in [6.45, 7) is 4.14. The first-order chi connectivity index (χ1) is 11.5. The highest BCUT2D eigenvalue weighted by Crippen LogP contribution is 2.40. The Morgan fingerprint density at radius 1 is 1.21 bits per heavy atom. The van der Waals surface area contributed by atoms with Crippen LogP contribution in [0, 0.1) is 23.3 Å². The summed E-state index contributed by atoms with van der Waals surface area (Å²) in [4.78, 5) is 1.97. The van der Waals surface area contributed by atoms with Gasteiger partial charge in [0.15, 0.2) is 23.3 Å². The largest absolute Gasteiger partial charge is 0.382 e. The lowest BCUT2D eigenvalue weighted by Crippen LogP contribution is -2.23. The quantitative estimate of drug-likeness (QED) is 0.485. The average molecular weight is 344 g/mol. The number of rotatable bonds is 6. The van der Waals surface area contributed by atoms with Gasteiger partial charge in [0.1, 0.15) is 0 Å². The first-order valence-corrected chi connectivity index (χ1v) is 8.14. The van der Waals surface area contributed by atoms with Crippen LogP contribution in [0.25, 0.3) is 0 Å². The zero-order valence-electron chi connectivity index (χ0n) is 13.5. The SMILES string of the molecule is CCOCCCC1=C2C[C@H](c3c(F)c(F)cc(F)c3F)CN2CN1. The monoisotopic (exact) mass is 344 g/mol. The van der Waals surface area contributed by atoms with Gasteiger partial charge in [0.2, 0.25) is 0 Å². The molecule has 0 spiro atoms. The van der Waals surface area contributed by atoms with Gasteiger partial charge >= 0.3 is 0 Å². The van der Waals surface area contributed by atoms with E-state index in [0.29, 0.717) is 32.8 Å². The molecule has 2 aliphatic heterocycles. The Kier molecular flexibility index (Phi) is 4.99. The fourth-order valence-electron chi connectivity index (χ4n) is 3.44. The molecule has 24 heavy (non-hydrogen) atoms. The summed E-state index contributed by atoms with van der Waals surface area (Å²) in [5.74, 6) is -5.85. The van der Waals surface area contributed by atoms with E-state index in [1.54, 1.807) is 0 Å². The summed E-state index contributed by atoms with van der Waals surface area (Å²) < 4.78 is 60.2. The van der Waals surface area contributed by atoms with Crippen molar-refractivity contribution in [3.05, 3.63) is 46.3 Å². The molecule has 7 heteroatoms. The molecule has 1 aromatic carbocycles. The minimum absolute atomic E-state index is 0.254. The van der Waals surface area contributed by atoms with Gasteiger partial charge in [0.05, 0.1) is 6.67 Å². The Hall–Kier alpha value is -1.76. The minimum atomic E-state index is -1.35. The van der Waals surface area contributed by atoms with Crippen molar-refractivity contribution in [1.29, 1.82) is 0 Å². The number of nitrogens with one attached hydrogen (secondary N) is 1. The van der Waals surface area contributed by atoms with Crippen molar-refractivity contribution >= 4 is 0 Å². The lowest BCUT2D eigenvalue weighted by atomic mass is 9.95. The fraction of sp³-hybridized carbons (Fsp3) is 0.529. The molecule has 3 nitrogen and oxygen atoms in total. The van der Waals surface area contributed by atoms with Crippen molar-refractivity contribution in [2.75, 3.05) is 26.4 Å². The summed E-state index contributed by atoms with van der Waals surface area (Å²) in [5, 5.41) is 3.27. The highest BCUT2D eigenvalue weighted by Gasteiger charge is 2.37. The maximum atomic E-state index is 14.0. The number of halogens is 4. The lowest BCUT2D eigenvalue weighted by molar-refractivity contribution is 0.145. The van der Waals surface area contributed by atoms with Gasteiger partial charge in [0, 0.05) is 48.7 Å². The molecule has 0 bridgehead atoms. The smallest absolute Gasteiger partial charge is 0.165 e. The third-order valence-corrected chi connectivity index (χ3v) is 4.57. The van der Waals surface area contributed by atoms with Crippen molar-refractivity contribution in [2.45, 2.75) is 32.1 Å². The summed E-state index contributed by atoms with van der Waals surface area (Å²) in [7, 11) is 0. The van der Waals surface area contributed by atoms with Gasteiger partial charge in [-0.25, -0.2) is 17.6 Å². The van der Waals surface area contributed by atoms with Crippen LogP contribution in [0.5, 0.6) is 0 Å². The van der Waals surface area contributed by atoms with E-state index in [9.17, 15) is 17.6 Å². The van der Waals surface area contributed by atoms with Crippen LogP contribution in [-0.4, -0.2) is 31.3 Å². The maximum absolute atomic E-state index is 14.0. The van der Waals surface area contributed by atoms with Crippen molar-refractivity contribution < 1.29 is 22.3 Å². The molecule has 1 fully saturated rings. The van der Waals surface area contributed by atoms with E-state index < -0.39 is 34.8 Å². The Morgan fingerprint density at radius 2 is 1.92 bits per heavy atom. The van der Waals surface area contributed by atoms with E-state index in [1.807, 2.05) is 11.8 Å². The van der Waals surface area contributed by atoms with E-state index in [0.717, 1.165) is 24.2 Å². The van der Waals surface area contributed by atoms with Gasteiger partial charge in [-0.15, -0.1) is 0 Å². The van der Waals surface area contributed by atoms with Crippen LogP contribution < -0.4 is 5.32 Å². The molecular formula is C17H20F4N2O. The maximum Gasteiger partial charge on any atom is 0.165 e. The summed E-state index contributed by atoms with van der Waals surface area (Å²) in [5.41, 5.74) is 1.51. The lowest BCUT2D eigenvalue weighted by Gasteiger charge is -2.16. The normalized spacial score (nSPS) is 19.9. The Morgan fingerprint density at radius 3 is 2.58 bits per heavy atom. The second kappa shape index (κ2) is 7.01. The van der Waals surface area contributed by atoms with E-state index >= 15 is 0 Å². The molecule has 0 aromatic heterocycles. The zero-order chi connectivity index (χ0) is 17.3. The van der Waals surface area contributed by atoms with E-state index in [1.165, 1.54) is 0 Å². The van der Waals surface area contributed by atoms with Gasteiger partial charge in [-0.1, -0.05) is 0 Å². The van der Waals surface area contributed by atoms with Gasteiger partial charge < -0.3 is 15.0 Å². The van der Waals surface area contributed by atoms with Crippen molar-refractivity contribution in [3.63, 3.8) is 0 Å². The topological polar surface area (TPSA) is 24.5 Å². The fourth-order valence-corrected chi connectivity index (χ4v) is 3.44. The zero-order valence-corrected chi connectivity index (χ0v) is 13.5. The molecular weight excluding hydrogens is 324 g/mol. The number of benzene rings is 1. The van der Waals surface area contributed by atoms with Gasteiger partial charge in [0.25, 0.3) is 0 Å². The summed E-state index contributed by atoms with van der Waals surface area (Å²) in [6.07, 6.45) is 1.99. The molecule has 1 saturated heterocycles. The van der Waals surface area contributed by atoms with Gasteiger partial charge in [-0.3, -0.25) is 0 Å². The van der Waals surface area contributed by atoms with Crippen molar-refractivity contribution in [3.8, 4) is 0 Å². The highest BCUT2D eigenvalue weighted by molar-refractivity contribution is 5.33. The predicted molar refractivity (Wildman–Crippen MR) is 81.1 cm³/mol. The standard InChI is InChI=1S/C17H20F4N2O/c1-2-24-5-3-4-13-14-6-10(8-23(14)9-22-13)15-16(20)11(18)7-12(19)17(15)21/h7,10,22H,2-6,8-9H2,1H3/t10-/m0/s1. The molecule has 0 aliphatic carbocycles. The number of hydrogen-bond donors (Lipinski definition) is 1. The molecule has 132 valence electrons. The van der Waals surface area contributed by atoms with Gasteiger partial charge in [-0.2, -0.15) is 0 Å². The third-order valence-electron chi connectivity index (χ3n) is 4.57. The second-order valence-electron chi connectivity index (χ2n) is 6.07.